The van der Waals surface area contributed by atoms with E-state index < -0.39 is 0 Å². The monoisotopic (exact) mass is 627 g/mol. The fourth-order valence-electron chi connectivity index (χ4n) is 6.04. The molecule has 3 nitrogen and oxygen atoms in total. The maximum Gasteiger partial charge on any atom is 0.105 e. The Morgan fingerprint density at radius 3 is 2.24 bits per heavy atom. The summed E-state index contributed by atoms with van der Waals surface area (Å²) in [7, 11) is 0. The van der Waals surface area contributed by atoms with E-state index in [2.05, 4.69) is 117 Å². The van der Waals surface area contributed by atoms with Gasteiger partial charge in [-0.05, 0) is 75.0 Å². The number of allylic oxidation sites excluding steroid dienone is 2. The van der Waals surface area contributed by atoms with Crippen LogP contribution >= 0.6 is 31.9 Å². The van der Waals surface area contributed by atoms with Crippen molar-refractivity contribution in [3.63, 3.8) is 0 Å². The number of anilines is 1. The summed E-state index contributed by atoms with van der Waals surface area (Å²) in [6.07, 6.45) is 12.1. The number of unbranched alkanes of at least 4 members (excludes halogenated alkanes) is 3. The Morgan fingerprint density at radius 1 is 0.816 bits per heavy atom. The molecule has 0 spiro atoms. The van der Waals surface area contributed by atoms with Crippen LogP contribution in [-0.4, -0.2) is 22.1 Å². The Morgan fingerprint density at radius 2 is 1.50 bits per heavy atom. The highest BCUT2D eigenvalue weighted by Gasteiger charge is 2.46. The lowest BCUT2D eigenvalue weighted by atomic mass is 9.77. The van der Waals surface area contributed by atoms with E-state index in [-0.39, 0.29) is 5.54 Å². The maximum absolute atomic E-state index is 5.26. The number of hydrogen-bond donors (Lipinski definition) is 0. The van der Waals surface area contributed by atoms with Crippen molar-refractivity contribution in [2.45, 2.75) is 51.0 Å². The molecule has 0 saturated heterocycles. The van der Waals surface area contributed by atoms with Crippen molar-refractivity contribution in [1.29, 1.82) is 0 Å². The average Bonchev–Trinajstić information content (AvgIpc) is 3.20. The van der Waals surface area contributed by atoms with Gasteiger partial charge in [-0.2, -0.15) is 0 Å². The molecule has 1 aromatic heterocycles. The van der Waals surface area contributed by atoms with Crippen molar-refractivity contribution in [1.82, 2.24) is 9.97 Å². The molecule has 6 rings (SSSR count). The molecule has 38 heavy (non-hydrogen) atoms. The third kappa shape index (κ3) is 4.34. The second-order valence-corrected chi connectivity index (χ2v) is 12.2. The molecule has 2 atom stereocenters. The maximum atomic E-state index is 5.26. The van der Waals surface area contributed by atoms with E-state index in [1.807, 2.05) is 18.2 Å². The van der Waals surface area contributed by atoms with Gasteiger partial charge in [0.2, 0.25) is 0 Å². The molecule has 0 radical (unpaired) electrons. The van der Waals surface area contributed by atoms with Crippen molar-refractivity contribution >= 4 is 54.2 Å². The van der Waals surface area contributed by atoms with Crippen molar-refractivity contribution in [3.05, 3.63) is 105 Å². The standard InChI is InChI=1S/C33H31Br2N3/c1-3-4-5-11-20-38-28-15-10-9-14-24(28)25-17-16-23(21-33(25,38)2)30-29(22-12-7-6-8-13-22)36-31-26(34)18-19-27(35)32(31)37-30/h6-10,12-19,21,25H,3-5,11,20H2,1-2H3. The number of para-hydroxylation sites is 1. The molecule has 0 bridgehead atoms. The van der Waals surface area contributed by atoms with Crippen LogP contribution in [0.25, 0.3) is 27.9 Å². The van der Waals surface area contributed by atoms with Crippen LogP contribution < -0.4 is 4.90 Å². The summed E-state index contributed by atoms with van der Waals surface area (Å²) in [5.41, 5.74) is 8.33. The summed E-state index contributed by atoms with van der Waals surface area (Å²) < 4.78 is 1.89. The molecule has 0 N–H and O–H groups in total. The van der Waals surface area contributed by atoms with Gasteiger partial charge in [-0.25, -0.2) is 9.97 Å². The van der Waals surface area contributed by atoms with E-state index in [0.29, 0.717) is 5.92 Å². The predicted octanol–water partition coefficient (Wildman–Crippen LogP) is 9.72. The summed E-state index contributed by atoms with van der Waals surface area (Å²) >= 11 is 7.43. The van der Waals surface area contributed by atoms with Crippen LogP contribution in [0.5, 0.6) is 0 Å². The van der Waals surface area contributed by atoms with Gasteiger partial charge >= 0.3 is 0 Å². The topological polar surface area (TPSA) is 29.0 Å². The molecule has 1 aliphatic heterocycles. The number of benzene rings is 3. The van der Waals surface area contributed by atoms with E-state index in [1.165, 1.54) is 36.9 Å². The number of halogens is 2. The number of fused-ring (bicyclic) bond motifs is 4. The summed E-state index contributed by atoms with van der Waals surface area (Å²) in [6, 6.07) is 23.4. The van der Waals surface area contributed by atoms with E-state index in [4.69, 9.17) is 9.97 Å². The van der Waals surface area contributed by atoms with Gasteiger partial charge in [-0.3, -0.25) is 0 Å². The van der Waals surface area contributed by atoms with Crippen LogP contribution in [0, 0.1) is 0 Å². The molecule has 0 saturated carbocycles. The first-order valence-electron chi connectivity index (χ1n) is 13.5. The third-order valence-corrected chi connectivity index (χ3v) is 9.25. The van der Waals surface area contributed by atoms with Gasteiger partial charge in [-0.1, -0.05) is 86.9 Å². The van der Waals surface area contributed by atoms with Gasteiger partial charge < -0.3 is 4.90 Å². The van der Waals surface area contributed by atoms with Gasteiger partial charge in [0.1, 0.15) is 11.0 Å². The molecular formula is C33H31Br2N3. The summed E-state index contributed by atoms with van der Waals surface area (Å²) in [6.45, 7) is 5.72. The molecule has 0 fully saturated rings. The van der Waals surface area contributed by atoms with Crippen LogP contribution in [0.1, 0.15) is 56.7 Å². The lowest BCUT2D eigenvalue weighted by Crippen LogP contribution is -2.46. The highest BCUT2D eigenvalue weighted by atomic mass is 79.9. The predicted molar refractivity (Wildman–Crippen MR) is 167 cm³/mol. The highest BCUT2D eigenvalue weighted by Crippen LogP contribution is 2.52. The lowest BCUT2D eigenvalue weighted by molar-refractivity contribution is 0.486. The summed E-state index contributed by atoms with van der Waals surface area (Å²) in [4.78, 5) is 13.1. The largest absolute Gasteiger partial charge is 0.361 e. The van der Waals surface area contributed by atoms with Crippen molar-refractivity contribution in [3.8, 4) is 11.3 Å². The molecule has 2 heterocycles. The normalized spacial score (nSPS) is 19.9. The molecule has 3 aromatic carbocycles. The second kappa shape index (κ2) is 10.4. The first-order chi connectivity index (χ1) is 18.5. The first kappa shape index (κ1) is 25.5. The Labute approximate surface area is 242 Å². The van der Waals surface area contributed by atoms with Gasteiger partial charge in [0.25, 0.3) is 0 Å². The first-order valence-corrected chi connectivity index (χ1v) is 15.1. The number of rotatable bonds is 7. The number of aromatic nitrogens is 2. The molecular weight excluding hydrogens is 598 g/mol. The Kier molecular flexibility index (Phi) is 7.00. The molecule has 2 aliphatic rings. The molecule has 4 aromatic rings. The minimum atomic E-state index is -0.168. The fourth-order valence-corrected chi connectivity index (χ4v) is 6.86. The van der Waals surface area contributed by atoms with E-state index >= 15 is 0 Å². The van der Waals surface area contributed by atoms with Crippen LogP contribution in [0.2, 0.25) is 0 Å². The molecule has 192 valence electrons. The van der Waals surface area contributed by atoms with Crippen molar-refractivity contribution in [2.75, 3.05) is 11.4 Å². The van der Waals surface area contributed by atoms with Crippen LogP contribution in [0.3, 0.4) is 0 Å². The Bertz CT molecular complexity index is 1560. The number of hydrogen-bond acceptors (Lipinski definition) is 3. The molecule has 0 amide bonds. The zero-order chi connectivity index (χ0) is 26.3. The summed E-state index contributed by atoms with van der Waals surface area (Å²) in [5.74, 6) is 0.308. The third-order valence-electron chi connectivity index (χ3n) is 7.97. The van der Waals surface area contributed by atoms with Gasteiger partial charge in [0, 0.05) is 38.2 Å². The second-order valence-electron chi connectivity index (χ2n) is 10.4. The molecule has 2 unspecified atom stereocenters. The van der Waals surface area contributed by atoms with Crippen molar-refractivity contribution < 1.29 is 0 Å². The lowest BCUT2D eigenvalue weighted by Gasteiger charge is -2.40. The van der Waals surface area contributed by atoms with Crippen LogP contribution in [0.15, 0.2) is 93.9 Å². The minimum absolute atomic E-state index is 0.168. The van der Waals surface area contributed by atoms with E-state index in [0.717, 1.165) is 49.0 Å². The van der Waals surface area contributed by atoms with Gasteiger partial charge in [-0.15, -0.1) is 0 Å². The smallest absolute Gasteiger partial charge is 0.105 e. The van der Waals surface area contributed by atoms with Gasteiger partial charge in [0.15, 0.2) is 0 Å². The Hall–Kier alpha value is -2.76. The van der Waals surface area contributed by atoms with Gasteiger partial charge in [0.05, 0.1) is 16.9 Å². The Balaban J connectivity index is 1.51. The molecule has 5 heteroatoms. The number of nitrogens with zero attached hydrogens (tertiary/aromatic N) is 3. The van der Waals surface area contributed by atoms with E-state index in [1.54, 1.807) is 0 Å². The highest BCUT2D eigenvalue weighted by molar-refractivity contribution is 9.11. The van der Waals surface area contributed by atoms with Crippen LogP contribution in [-0.2, 0) is 0 Å². The molecule has 1 aliphatic carbocycles. The summed E-state index contributed by atoms with van der Waals surface area (Å²) in [5, 5.41) is 0. The average molecular weight is 629 g/mol. The zero-order valence-corrected chi connectivity index (χ0v) is 25.0. The quantitative estimate of drug-likeness (QED) is 0.191. The van der Waals surface area contributed by atoms with Crippen molar-refractivity contribution in [2.24, 2.45) is 0 Å². The van der Waals surface area contributed by atoms with E-state index in [9.17, 15) is 0 Å². The fraction of sp³-hybridized carbons (Fsp3) is 0.273. The van der Waals surface area contributed by atoms with Crippen LogP contribution in [0.4, 0.5) is 5.69 Å². The SMILES string of the molecule is CCCCCCN1c2ccccc2C2C=CC(c3nc4c(Br)ccc(Br)c4nc3-c3ccccc3)=CC21C. The zero-order valence-electron chi connectivity index (χ0n) is 21.8. The minimum Gasteiger partial charge on any atom is -0.361 e.